The normalized spacial score (nSPS) is 15.7. The number of hydrogen-bond acceptors (Lipinski definition) is 4. The lowest BCUT2D eigenvalue weighted by Crippen LogP contribution is -2.53. The van der Waals surface area contributed by atoms with Crippen LogP contribution in [0.25, 0.3) is 0 Å². The number of thiophene rings is 1. The first-order valence-electron chi connectivity index (χ1n) is 12.2. The monoisotopic (exact) mass is 485 g/mol. The second-order valence-corrected chi connectivity index (χ2v) is 11.3. The van der Waals surface area contributed by atoms with Crippen molar-refractivity contribution in [3.63, 3.8) is 0 Å². The number of nitrogens with one attached hydrogen (secondary N) is 1. The molecule has 186 valence electrons. The van der Waals surface area contributed by atoms with E-state index >= 15 is 0 Å². The van der Waals surface area contributed by atoms with Gasteiger partial charge in [0.15, 0.2) is 0 Å². The highest BCUT2D eigenvalue weighted by molar-refractivity contribution is 7.10. The summed E-state index contributed by atoms with van der Waals surface area (Å²) < 4.78 is 6.17. The first-order chi connectivity index (χ1) is 16.1. The first-order valence-corrected chi connectivity index (χ1v) is 13.1. The van der Waals surface area contributed by atoms with E-state index in [1.807, 2.05) is 44.7 Å². The van der Waals surface area contributed by atoms with Crippen LogP contribution in [0.2, 0.25) is 0 Å². The Morgan fingerprint density at radius 3 is 2.53 bits per heavy atom. The smallest absolute Gasteiger partial charge is 0.318 e. The molecule has 1 aliphatic rings. The van der Waals surface area contributed by atoms with Crippen molar-refractivity contribution in [2.24, 2.45) is 0 Å². The number of hydrogen-bond donors (Lipinski definition) is 1. The fourth-order valence-corrected chi connectivity index (χ4v) is 5.10. The summed E-state index contributed by atoms with van der Waals surface area (Å²) in [6, 6.07) is 9.92. The molecule has 2 heterocycles. The highest BCUT2D eigenvalue weighted by Crippen LogP contribution is 2.34. The molecule has 0 bridgehead atoms. The van der Waals surface area contributed by atoms with Crippen molar-refractivity contribution in [3.05, 3.63) is 51.7 Å². The van der Waals surface area contributed by atoms with E-state index in [1.54, 1.807) is 16.2 Å². The van der Waals surface area contributed by atoms with E-state index < -0.39 is 0 Å². The number of ether oxygens (including phenoxy) is 1. The minimum absolute atomic E-state index is 0.0434. The van der Waals surface area contributed by atoms with Crippen molar-refractivity contribution in [1.82, 2.24) is 15.1 Å². The zero-order valence-electron chi connectivity index (χ0n) is 21.4. The van der Waals surface area contributed by atoms with E-state index in [1.165, 1.54) is 10.4 Å². The second kappa shape index (κ2) is 11.3. The maximum Gasteiger partial charge on any atom is 0.318 e. The van der Waals surface area contributed by atoms with Crippen molar-refractivity contribution in [2.75, 3.05) is 26.2 Å². The number of rotatable bonds is 8. The summed E-state index contributed by atoms with van der Waals surface area (Å²) in [7, 11) is 0. The van der Waals surface area contributed by atoms with E-state index in [0.717, 1.165) is 24.2 Å². The molecule has 0 spiro atoms. The number of carbonyl (C=O) groups is 2. The molecular weight excluding hydrogens is 446 g/mol. The van der Waals surface area contributed by atoms with Crippen LogP contribution in [0.4, 0.5) is 4.79 Å². The molecule has 3 amide bonds. The number of amides is 3. The van der Waals surface area contributed by atoms with Gasteiger partial charge in [-0.05, 0) is 74.2 Å². The van der Waals surface area contributed by atoms with Crippen molar-refractivity contribution >= 4 is 23.3 Å². The lowest BCUT2D eigenvalue weighted by atomic mass is 10.00. The second-order valence-electron chi connectivity index (χ2n) is 10.3. The van der Waals surface area contributed by atoms with Gasteiger partial charge in [-0.15, -0.1) is 11.3 Å². The van der Waals surface area contributed by atoms with E-state index in [-0.39, 0.29) is 30.1 Å². The number of fused-ring (bicyclic) bond motifs is 1. The third kappa shape index (κ3) is 6.75. The van der Waals surface area contributed by atoms with Crippen LogP contribution in [0.5, 0.6) is 5.75 Å². The molecule has 0 fully saturated rings. The standard InChI is InChI=1S/C27H39N3O3S/c1-7-14-29(26(32)28-27(4,5)6)17-25(31)30-15-12-24-22(13-16-34-24)23(30)18-33-21-10-8-20(9-11-21)19(2)3/h8-11,13,16,19,23H,7,12,14-15,17-18H2,1-6H3,(H,28,32)/t23-/m0/s1. The predicted molar refractivity (Wildman–Crippen MR) is 139 cm³/mol. The fraction of sp³-hybridized carbons (Fsp3) is 0.556. The van der Waals surface area contributed by atoms with E-state index in [2.05, 4.69) is 42.7 Å². The van der Waals surface area contributed by atoms with Gasteiger partial charge in [0.25, 0.3) is 0 Å². The van der Waals surface area contributed by atoms with Crippen molar-refractivity contribution in [3.8, 4) is 5.75 Å². The van der Waals surface area contributed by atoms with Gasteiger partial charge < -0.3 is 19.9 Å². The zero-order valence-corrected chi connectivity index (χ0v) is 22.2. The third-order valence-corrected chi connectivity index (χ3v) is 6.96. The number of benzene rings is 1. The summed E-state index contributed by atoms with van der Waals surface area (Å²) in [5, 5.41) is 5.07. The van der Waals surface area contributed by atoms with Crippen LogP contribution in [-0.4, -0.2) is 53.5 Å². The number of urea groups is 1. The van der Waals surface area contributed by atoms with Crippen LogP contribution < -0.4 is 10.1 Å². The molecular formula is C27H39N3O3S. The Bertz CT molecular complexity index is 962. The highest BCUT2D eigenvalue weighted by Gasteiger charge is 2.33. The predicted octanol–water partition coefficient (Wildman–Crippen LogP) is 5.60. The topological polar surface area (TPSA) is 61.9 Å². The van der Waals surface area contributed by atoms with E-state index in [0.29, 0.717) is 25.6 Å². The Morgan fingerprint density at radius 2 is 1.91 bits per heavy atom. The Morgan fingerprint density at radius 1 is 1.21 bits per heavy atom. The average Bonchev–Trinajstić information content (AvgIpc) is 3.25. The molecule has 1 N–H and O–H groups in total. The van der Waals surface area contributed by atoms with Crippen molar-refractivity contribution in [2.45, 2.75) is 71.9 Å². The Hall–Kier alpha value is -2.54. The molecule has 0 saturated heterocycles. The Kier molecular flexibility index (Phi) is 8.63. The summed E-state index contributed by atoms with van der Waals surface area (Å²) in [4.78, 5) is 31.1. The van der Waals surface area contributed by atoms with Gasteiger partial charge in [-0.1, -0.05) is 32.9 Å². The minimum Gasteiger partial charge on any atom is -0.491 e. The Labute approximate surface area is 208 Å². The van der Waals surface area contributed by atoms with Crippen molar-refractivity contribution in [1.29, 1.82) is 0 Å². The highest BCUT2D eigenvalue weighted by atomic mass is 32.1. The largest absolute Gasteiger partial charge is 0.491 e. The lowest BCUT2D eigenvalue weighted by Gasteiger charge is -2.37. The van der Waals surface area contributed by atoms with E-state index in [9.17, 15) is 9.59 Å². The van der Waals surface area contributed by atoms with Crippen LogP contribution >= 0.6 is 11.3 Å². The SMILES string of the molecule is CCCN(CC(=O)N1CCc2sccc2[C@@H]1COc1ccc(C(C)C)cc1)C(=O)NC(C)(C)C. The number of carbonyl (C=O) groups excluding carboxylic acids is 2. The third-order valence-electron chi connectivity index (χ3n) is 5.96. The lowest BCUT2D eigenvalue weighted by molar-refractivity contribution is -0.135. The van der Waals surface area contributed by atoms with Gasteiger partial charge in [-0.25, -0.2) is 4.79 Å². The minimum atomic E-state index is -0.357. The molecule has 1 aliphatic heterocycles. The maximum absolute atomic E-state index is 13.5. The molecule has 0 radical (unpaired) electrons. The summed E-state index contributed by atoms with van der Waals surface area (Å²) in [5.74, 6) is 1.23. The molecule has 1 atom stereocenters. The molecule has 1 aromatic carbocycles. The zero-order chi connectivity index (χ0) is 24.9. The summed E-state index contributed by atoms with van der Waals surface area (Å²) >= 11 is 1.73. The summed E-state index contributed by atoms with van der Waals surface area (Å²) in [5.41, 5.74) is 2.07. The molecule has 2 aromatic rings. The van der Waals surface area contributed by atoms with Gasteiger partial charge in [0.2, 0.25) is 5.91 Å². The molecule has 0 unspecified atom stereocenters. The van der Waals surface area contributed by atoms with Crippen LogP contribution in [-0.2, 0) is 11.2 Å². The van der Waals surface area contributed by atoms with Crippen LogP contribution in [0.15, 0.2) is 35.7 Å². The average molecular weight is 486 g/mol. The quantitative estimate of drug-likeness (QED) is 0.530. The molecule has 7 heteroatoms. The van der Waals surface area contributed by atoms with Crippen LogP contribution in [0.1, 0.15) is 75.9 Å². The van der Waals surface area contributed by atoms with Gasteiger partial charge >= 0.3 is 6.03 Å². The van der Waals surface area contributed by atoms with Crippen molar-refractivity contribution < 1.29 is 14.3 Å². The summed E-state index contributed by atoms with van der Waals surface area (Å²) in [6.07, 6.45) is 1.62. The number of nitrogens with zero attached hydrogens (tertiary/aromatic N) is 2. The molecule has 0 aliphatic carbocycles. The van der Waals surface area contributed by atoms with E-state index in [4.69, 9.17) is 4.74 Å². The molecule has 1 aromatic heterocycles. The fourth-order valence-electron chi connectivity index (χ4n) is 4.17. The van der Waals surface area contributed by atoms with Gasteiger partial charge in [-0.3, -0.25) is 4.79 Å². The molecule has 3 rings (SSSR count). The van der Waals surface area contributed by atoms with Crippen LogP contribution in [0, 0.1) is 0 Å². The Balaban J connectivity index is 1.74. The van der Waals surface area contributed by atoms with Gasteiger partial charge in [0.1, 0.15) is 18.9 Å². The molecule has 6 nitrogen and oxygen atoms in total. The summed E-state index contributed by atoms with van der Waals surface area (Å²) in [6.45, 7) is 13.8. The molecule has 0 saturated carbocycles. The van der Waals surface area contributed by atoms with Gasteiger partial charge in [-0.2, -0.15) is 0 Å². The van der Waals surface area contributed by atoms with Crippen LogP contribution in [0.3, 0.4) is 0 Å². The first kappa shape index (κ1) is 26.1. The molecule has 34 heavy (non-hydrogen) atoms. The van der Waals surface area contributed by atoms with Gasteiger partial charge in [0, 0.05) is 23.5 Å². The maximum atomic E-state index is 13.5. The van der Waals surface area contributed by atoms with Gasteiger partial charge in [0.05, 0.1) is 6.04 Å².